The molecule has 2 saturated carbocycles. The van der Waals surface area contributed by atoms with Crippen molar-refractivity contribution >= 4 is 16.8 Å². The first-order valence-corrected chi connectivity index (χ1v) is 11.2. The minimum absolute atomic E-state index is 0.0569. The maximum Gasteiger partial charge on any atom is 0.135 e. The van der Waals surface area contributed by atoms with Crippen LogP contribution in [-0.4, -0.2) is 5.60 Å². The third-order valence-electron chi connectivity index (χ3n) is 7.74. The van der Waals surface area contributed by atoms with Crippen molar-refractivity contribution < 1.29 is 4.74 Å². The molecule has 3 aliphatic rings. The van der Waals surface area contributed by atoms with Gasteiger partial charge in [0.1, 0.15) is 11.4 Å². The molecule has 1 aliphatic heterocycles. The monoisotopic (exact) mass is 360 g/mol. The fraction of sp³-hybridized carbons (Fsp3) is 0.538. The first-order chi connectivity index (χ1) is 13.2. The predicted molar refractivity (Wildman–Crippen MR) is 114 cm³/mol. The van der Waals surface area contributed by atoms with Crippen molar-refractivity contribution in [1.29, 1.82) is 0 Å². The number of hydrogen-bond donors (Lipinski definition) is 0. The van der Waals surface area contributed by atoms with Gasteiger partial charge in [0.15, 0.2) is 0 Å². The molecule has 5 rings (SSSR count). The van der Waals surface area contributed by atoms with Gasteiger partial charge >= 0.3 is 0 Å². The second-order valence-corrected chi connectivity index (χ2v) is 9.14. The number of hydrogen-bond acceptors (Lipinski definition) is 1. The van der Waals surface area contributed by atoms with Crippen LogP contribution in [0.1, 0.15) is 82.3 Å². The Balaban J connectivity index is 1.71. The van der Waals surface area contributed by atoms with Gasteiger partial charge in [0.05, 0.1) is 0 Å². The molecule has 27 heavy (non-hydrogen) atoms. The Bertz CT molecular complexity index is 863. The van der Waals surface area contributed by atoms with E-state index in [2.05, 4.69) is 56.3 Å². The van der Waals surface area contributed by atoms with Crippen molar-refractivity contribution in [3.63, 3.8) is 0 Å². The number of fused-ring (bicyclic) bond motifs is 3. The van der Waals surface area contributed by atoms with Gasteiger partial charge in [-0.05, 0) is 55.0 Å². The fourth-order valence-corrected chi connectivity index (χ4v) is 6.04. The molecule has 0 aromatic heterocycles. The lowest BCUT2D eigenvalue weighted by molar-refractivity contribution is -0.0295. The first-order valence-electron chi connectivity index (χ1n) is 11.2. The Morgan fingerprint density at radius 1 is 1.04 bits per heavy atom. The molecule has 142 valence electrons. The number of ether oxygens (including phenoxy) is 1. The van der Waals surface area contributed by atoms with E-state index in [0.717, 1.165) is 6.42 Å². The molecule has 1 heteroatoms. The summed E-state index contributed by atoms with van der Waals surface area (Å²) in [7, 11) is 0. The molecular formula is C26H32O. The molecule has 3 atom stereocenters. The largest absolute Gasteiger partial charge is 0.481 e. The highest BCUT2D eigenvalue weighted by Crippen LogP contribution is 2.53. The molecule has 0 saturated heterocycles. The van der Waals surface area contributed by atoms with E-state index < -0.39 is 0 Å². The van der Waals surface area contributed by atoms with E-state index >= 15 is 0 Å². The highest BCUT2D eigenvalue weighted by atomic mass is 16.5. The van der Waals surface area contributed by atoms with Crippen LogP contribution in [0.15, 0.2) is 36.4 Å². The van der Waals surface area contributed by atoms with Gasteiger partial charge in [-0.3, -0.25) is 0 Å². The van der Waals surface area contributed by atoms with Gasteiger partial charge in [0.2, 0.25) is 0 Å². The topological polar surface area (TPSA) is 9.23 Å². The Morgan fingerprint density at radius 3 is 2.48 bits per heavy atom. The van der Waals surface area contributed by atoms with Gasteiger partial charge < -0.3 is 4.74 Å². The molecular weight excluding hydrogens is 328 g/mol. The second-order valence-electron chi connectivity index (χ2n) is 9.14. The van der Waals surface area contributed by atoms with Crippen LogP contribution < -0.4 is 4.74 Å². The summed E-state index contributed by atoms with van der Waals surface area (Å²) in [6.45, 7) is 4.64. The summed E-state index contributed by atoms with van der Waals surface area (Å²) in [6, 6.07) is 11.2. The lowest BCUT2D eigenvalue weighted by atomic mass is 9.66. The molecule has 0 amide bonds. The lowest BCUT2D eigenvalue weighted by Gasteiger charge is -2.49. The molecule has 2 aromatic rings. The lowest BCUT2D eigenvalue weighted by Crippen LogP contribution is -2.51. The van der Waals surface area contributed by atoms with Crippen molar-refractivity contribution in [2.24, 2.45) is 11.8 Å². The van der Waals surface area contributed by atoms with E-state index in [4.69, 9.17) is 4.74 Å². The van der Waals surface area contributed by atoms with Gasteiger partial charge in [0.25, 0.3) is 0 Å². The van der Waals surface area contributed by atoms with Crippen LogP contribution in [0.5, 0.6) is 5.75 Å². The van der Waals surface area contributed by atoms with E-state index in [9.17, 15) is 0 Å². The van der Waals surface area contributed by atoms with Crippen molar-refractivity contribution in [1.82, 2.24) is 0 Å². The zero-order valence-electron chi connectivity index (χ0n) is 16.8. The number of benzene rings is 2. The first kappa shape index (κ1) is 17.3. The fourth-order valence-electron chi connectivity index (χ4n) is 6.04. The minimum atomic E-state index is -0.0569. The molecule has 2 aromatic carbocycles. The Morgan fingerprint density at radius 2 is 1.74 bits per heavy atom. The van der Waals surface area contributed by atoms with Gasteiger partial charge in [-0.25, -0.2) is 0 Å². The predicted octanol–water partition coefficient (Wildman–Crippen LogP) is 7.49. The SMILES string of the molecule is CCC(C)c1cc2ccccc2c2c1C=CC1(O2)C2CCCCC1CCC2. The summed E-state index contributed by atoms with van der Waals surface area (Å²) in [5, 5.41) is 2.63. The summed E-state index contributed by atoms with van der Waals surface area (Å²) >= 11 is 0. The van der Waals surface area contributed by atoms with E-state index in [-0.39, 0.29) is 5.60 Å². The third-order valence-corrected chi connectivity index (χ3v) is 7.74. The summed E-state index contributed by atoms with van der Waals surface area (Å²) in [4.78, 5) is 0. The van der Waals surface area contributed by atoms with Crippen LogP contribution in [-0.2, 0) is 0 Å². The molecule has 0 N–H and O–H groups in total. The Kier molecular flexibility index (Phi) is 4.30. The van der Waals surface area contributed by atoms with Gasteiger partial charge in [0, 0.05) is 22.8 Å². The maximum atomic E-state index is 7.17. The number of rotatable bonds is 2. The third kappa shape index (κ3) is 2.65. The molecule has 3 unspecified atom stereocenters. The highest BCUT2D eigenvalue weighted by Gasteiger charge is 2.50. The summed E-state index contributed by atoms with van der Waals surface area (Å²) in [5.41, 5.74) is 2.74. The van der Waals surface area contributed by atoms with Crippen LogP contribution in [0.25, 0.3) is 16.8 Å². The van der Waals surface area contributed by atoms with Crippen LogP contribution in [0.2, 0.25) is 0 Å². The van der Waals surface area contributed by atoms with E-state index in [0.29, 0.717) is 17.8 Å². The molecule has 1 spiro atoms. The van der Waals surface area contributed by atoms with E-state index in [1.807, 2.05) is 0 Å². The molecule has 2 aliphatic carbocycles. The van der Waals surface area contributed by atoms with Crippen molar-refractivity contribution in [2.45, 2.75) is 76.7 Å². The smallest absolute Gasteiger partial charge is 0.135 e. The summed E-state index contributed by atoms with van der Waals surface area (Å²) < 4.78 is 7.17. The van der Waals surface area contributed by atoms with Gasteiger partial charge in [-0.1, -0.05) is 69.5 Å². The van der Waals surface area contributed by atoms with Crippen molar-refractivity contribution in [3.8, 4) is 5.75 Å². The van der Waals surface area contributed by atoms with Gasteiger partial charge in [-0.15, -0.1) is 0 Å². The van der Waals surface area contributed by atoms with E-state index in [1.165, 1.54) is 72.6 Å². The maximum absolute atomic E-state index is 7.17. The molecule has 2 bridgehead atoms. The zero-order chi connectivity index (χ0) is 18.4. The molecule has 0 radical (unpaired) electrons. The molecule has 1 heterocycles. The standard InChI is InChI=1S/C26H32O/c1-3-18(2)24-17-19-9-4-7-14-22(19)25-23(24)15-16-26(27-25)20-10-5-6-11-21(26)13-8-12-20/h4,7,9,14-18,20-21H,3,5-6,8,10-13H2,1-2H3. The molecule has 2 fully saturated rings. The minimum Gasteiger partial charge on any atom is -0.481 e. The van der Waals surface area contributed by atoms with Crippen molar-refractivity contribution in [3.05, 3.63) is 47.5 Å². The van der Waals surface area contributed by atoms with E-state index in [1.54, 1.807) is 0 Å². The van der Waals surface area contributed by atoms with Crippen molar-refractivity contribution in [2.75, 3.05) is 0 Å². The van der Waals surface area contributed by atoms with Crippen LogP contribution in [0.4, 0.5) is 0 Å². The Labute approximate surface area is 163 Å². The summed E-state index contributed by atoms with van der Waals surface area (Å²) in [5.74, 6) is 3.10. The van der Waals surface area contributed by atoms with Gasteiger partial charge in [-0.2, -0.15) is 0 Å². The Hall–Kier alpha value is -1.76. The highest BCUT2D eigenvalue weighted by molar-refractivity contribution is 5.94. The van der Waals surface area contributed by atoms with Crippen LogP contribution in [0, 0.1) is 11.8 Å². The average molecular weight is 361 g/mol. The summed E-state index contributed by atoms with van der Waals surface area (Å²) in [6.07, 6.45) is 15.6. The zero-order valence-corrected chi connectivity index (χ0v) is 16.8. The van der Waals surface area contributed by atoms with Crippen LogP contribution >= 0.6 is 0 Å². The van der Waals surface area contributed by atoms with Crippen LogP contribution in [0.3, 0.4) is 0 Å². The average Bonchev–Trinajstić information content (AvgIpc) is 2.80. The quantitative estimate of drug-likeness (QED) is 0.539. The second kappa shape index (κ2) is 6.69. The molecule has 1 nitrogen and oxygen atoms in total. The normalized spacial score (nSPS) is 30.6.